The lowest BCUT2D eigenvalue weighted by Gasteiger charge is -2.04. The number of hydrogen-bond donors (Lipinski definition) is 2. The predicted molar refractivity (Wildman–Crippen MR) is 136 cm³/mol. The molecule has 3 heterocycles. The first-order valence-electron chi connectivity index (χ1n) is 12.7. The molecule has 0 aromatic carbocycles. The van der Waals surface area contributed by atoms with E-state index in [2.05, 4.69) is 36.0 Å². The number of aryl methyl sites for hydroxylation is 2. The van der Waals surface area contributed by atoms with E-state index in [0.29, 0.717) is 0 Å². The highest BCUT2D eigenvalue weighted by molar-refractivity contribution is 6.11. The van der Waals surface area contributed by atoms with Crippen LogP contribution in [0.4, 0.5) is 0 Å². The molecule has 0 unspecified atom stereocenters. The number of ether oxygens (including phenoxy) is 1. The van der Waals surface area contributed by atoms with Crippen LogP contribution >= 0.6 is 0 Å². The van der Waals surface area contributed by atoms with E-state index in [-0.39, 0.29) is 0 Å². The fraction of sp³-hybridized carbons (Fsp3) is 0.536. The predicted octanol–water partition coefficient (Wildman–Crippen LogP) is 7.74. The third-order valence-electron chi connectivity index (χ3n) is 6.21. The van der Waals surface area contributed by atoms with E-state index in [1.807, 2.05) is 24.4 Å². The Hall–Kier alpha value is -2.49. The average molecular weight is 436 g/mol. The van der Waals surface area contributed by atoms with Crippen LogP contribution in [0.25, 0.3) is 6.08 Å². The summed E-state index contributed by atoms with van der Waals surface area (Å²) in [6.07, 6.45) is 21.8. The summed E-state index contributed by atoms with van der Waals surface area (Å²) in [4.78, 5) is 11.7. The Morgan fingerprint density at radius 2 is 1.69 bits per heavy atom. The van der Waals surface area contributed by atoms with Crippen LogP contribution in [0, 0.1) is 0 Å². The summed E-state index contributed by atoms with van der Waals surface area (Å²) in [5.41, 5.74) is 6.76. The summed E-state index contributed by atoms with van der Waals surface area (Å²) in [7, 11) is 1.71. The Morgan fingerprint density at radius 3 is 2.34 bits per heavy atom. The Labute approximate surface area is 194 Å². The van der Waals surface area contributed by atoms with Gasteiger partial charge in [-0.05, 0) is 49.1 Å². The first kappa shape index (κ1) is 24.2. The zero-order valence-corrected chi connectivity index (χ0v) is 20.3. The number of aromatic amines is 2. The third-order valence-corrected chi connectivity index (χ3v) is 6.21. The summed E-state index contributed by atoms with van der Waals surface area (Å²) >= 11 is 0. The summed E-state index contributed by atoms with van der Waals surface area (Å²) < 4.78 is 5.59. The highest BCUT2D eigenvalue weighted by Gasteiger charge is 2.17. The van der Waals surface area contributed by atoms with Gasteiger partial charge < -0.3 is 14.7 Å². The number of allylic oxidation sites excluding steroid dienone is 1. The van der Waals surface area contributed by atoms with Crippen molar-refractivity contribution in [3.05, 3.63) is 64.6 Å². The molecule has 2 aromatic heterocycles. The van der Waals surface area contributed by atoms with Crippen molar-refractivity contribution in [2.75, 3.05) is 7.11 Å². The van der Waals surface area contributed by atoms with Gasteiger partial charge in [-0.15, -0.1) is 0 Å². The Kier molecular flexibility index (Phi) is 9.93. The topological polar surface area (TPSA) is 53.2 Å². The minimum Gasteiger partial charge on any atom is -0.494 e. The van der Waals surface area contributed by atoms with E-state index >= 15 is 0 Å². The van der Waals surface area contributed by atoms with E-state index in [4.69, 9.17) is 9.73 Å². The van der Waals surface area contributed by atoms with Crippen molar-refractivity contribution in [2.45, 2.75) is 90.9 Å². The number of nitrogens with zero attached hydrogens (tertiary/aromatic N) is 1. The van der Waals surface area contributed by atoms with Crippen molar-refractivity contribution in [1.29, 1.82) is 0 Å². The van der Waals surface area contributed by atoms with Crippen molar-refractivity contribution in [3.63, 3.8) is 0 Å². The van der Waals surface area contributed by atoms with Gasteiger partial charge in [-0.2, -0.15) is 0 Å². The van der Waals surface area contributed by atoms with Gasteiger partial charge in [0.05, 0.1) is 18.5 Å². The van der Waals surface area contributed by atoms with Gasteiger partial charge in [-0.25, -0.2) is 4.99 Å². The molecule has 1 aliphatic rings. The van der Waals surface area contributed by atoms with Crippen LogP contribution in [-0.2, 0) is 17.6 Å². The maximum atomic E-state index is 5.59. The molecule has 2 N–H and O–H groups in total. The fourth-order valence-corrected chi connectivity index (χ4v) is 4.42. The highest BCUT2D eigenvalue weighted by Crippen LogP contribution is 2.26. The molecule has 1 aliphatic heterocycles. The van der Waals surface area contributed by atoms with Gasteiger partial charge in [0.2, 0.25) is 0 Å². The largest absolute Gasteiger partial charge is 0.494 e. The van der Waals surface area contributed by atoms with Gasteiger partial charge in [-0.1, -0.05) is 71.6 Å². The first-order chi connectivity index (χ1) is 15.7. The van der Waals surface area contributed by atoms with E-state index in [0.717, 1.165) is 47.8 Å². The quantitative estimate of drug-likeness (QED) is 0.276. The molecule has 0 amide bonds. The molecule has 3 rings (SSSR count). The van der Waals surface area contributed by atoms with Gasteiger partial charge in [0, 0.05) is 23.7 Å². The smallest absolute Gasteiger partial charge is 0.146 e. The molecule has 0 radical (unpaired) electrons. The molecule has 0 fully saturated rings. The number of rotatable bonds is 15. The minimum atomic E-state index is 0.807. The van der Waals surface area contributed by atoms with E-state index in [1.54, 1.807) is 7.11 Å². The lowest BCUT2D eigenvalue weighted by molar-refractivity contribution is 0.303. The van der Waals surface area contributed by atoms with Crippen molar-refractivity contribution in [2.24, 2.45) is 4.99 Å². The number of H-pyrrole nitrogens is 2. The zero-order chi connectivity index (χ0) is 22.6. The summed E-state index contributed by atoms with van der Waals surface area (Å²) in [6.45, 7) is 4.53. The van der Waals surface area contributed by atoms with Gasteiger partial charge in [-0.3, -0.25) is 0 Å². The molecule has 4 nitrogen and oxygen atoms in total. The molecule has 4 heteroatoms. The second kappa shape index (κ2) is 13.1. The van der Waals surface area contributed by atoms with E-state index in [1.165, 1.54) is 69.0 Å². The van der Waals surface area contributed by atoms with Gasteiger partial charge >= 0.3 is 0 Å². The molecule has 174 valence electrons. The van der Waals surface area contributed by atoms with Gasteiger partial charge in [0.25, 0.3) is 0 Å². The second-order valence-corrected chi connectivity index (χ2v) is 8.88. The number of nitrogens with one attached hydrogen (secondary N) is 2. The molecular weight excluding hydrogens is 394 g/mol. The summed E-state index contributed by atoms with van der Waals surface area (Å²) in [5, 5.41) is 0. The van der Waals surface area contributed by atoms with Crippen LogP contribution in [-0.4, -0.2) is 22.8 Å². The highest BCUT2D eigenvalue weighted by atomic mass is 16.5. The summed E-state index contributed by atoms with van der Waals surface area (Å²) in [5.74, 6) is 0.807. The number of methoxy groups -OCH3 is 1. The Morgan fingerprint density at radius 1 is 0.938 bits per heavy atom. The van der Waals surface area contributed by atoms with E-state index < -0.39 is 0 Å². The van der Waals surface area contributed by atoms with Crippen LogP contribution in [0.5, 0.6) is 0 Å². The lowest BCUT2D eigenvalue weighted by atomic mass is 10.0. The summed E-state index contributed by atoms with van der Waals surface area (Å²) in [6, 6.07) is 6.33. The normalized spacial score (nSPS) is 14.8. The molecule has 0 aliphatic carbocycles. The van der Waals surface area contributed by atoms with E-state index in [9.17, 15) is 0 Å². The van der Waals surface area contributed by atoms with Crippen molar-refractivity contribution in [3.8, 4) is 0 Å². The lowest BCUT2D eigenvalue weighted by Crippen LogP contribution is -1.93. The molecule has 0 bridgehead atoms. The minimum absolute atomic E-state index is 0.807. The zero-order valence-electron chi connectivity index (χ0n) is 20.3. The Balaban J connectivity index is 1.58. The molecule has 32 heavy (non-hydrogen) atoms. The van der Waals surface area contributed by atoms with Crippen LogP contribution in [0.1, 0.15) is 101 Å². The number of aromatic nitrogens is 2. The average Bonchev–Trinajstić information content (AvgIpc) is 3.53. The van der Waals surface area contributed by atoms with Gasteiger partial charge in [0.15, 0.2) is 0 Å². The monoisotopic (exact) mass is 435 g/mol. The SMILES string of the molecule is CCCCCCCCCCCc1cc(/C=C2\N=C(c3ccc[nH]3)C=C2OC)[nH]c1CCC. The molecule has 0 spiro atoms. The number of hydrogen-bond acceptors (Lipinski definition) is 2. The number of aliphatic imine (C=N–C) groups is 1. The van der Waals surface area contributed by atoms with Crippen LogP contribution in [0.2, 0.25) is 0 Å². The molecule has 2 aromatic rings. The van der Waals surface area contributed by atoms with Crippen molar-refractivity contribution in [1.82, 2.24) is 9.97 Å². The maximum Gasteiger partial charge on any atom is 0.146 e. The van der Waals surface area contributed by atoms with Gasteiger partial charge in [0.1, 0.15) is 11.5 Å². The van der Waals surface area contributed by atoms with Crippen molar-refractivity contribution < 1.29 is 4.74 Å². The molecular formula is C28H41N3O. The third kappa shape index (κ3) is 7.01. The van der Waals surface area contributed by atoms with Crippen LogP contribution in [0.15, 0.2) is 46.9 Å². The molecule has 0 atom stereocenters. The first-order valence-corrected chi connectivity index (χ1v) is 12.7. The second-order valence-electron chi connectivity index (χ2n) is 8.88. The van der Waals surface area contributed by atoms with Crippen LogP contribution < -0.4 is 0 Å². The van der Waals surface area contributed by atoms with Crippen molar-refractivity contribution >= 4 is 11.8 Å². The maximum absolute atomic E-state index is 5.59. The molecule has 0 saturated carbocycles. The van der Waals surface area contributed by atoms with Crippen LogP contribution in [0.3, 0.4) is 0 Å². The Bertz CT molecular complexity index is 899. The standard InChI is InChI=1S/C28H41N3O/c1-4-6-7-8-9-10-11-12-13-16-22-19-23(30-24(22)15-5-2)20-27-28(32-3)21-26(31-27)25-17-14-18-29-25/h14,17-21,29-30H,4-13,15-16H2,1-3H3/b27-20-. The molecule has 0 saturated heterocycles. The fourth-order valence-electron chi connectivity index (χ4n) is 4.42. The number of unbranched alkanes of at least 4 members (excludes halogenated alkanes) is 8.